The Hall–Kier alpha value is -1.93. The predicted molar refractivity (Wildman–Crippen MR) is 62.9 cm³/mol. The number of carbonyl (C=O) groups is 1. The molecule has 2 rings (SSSR count). The molecule has 17 heavy (non-hydrogen) atoms. The molecule has 1 aliphatic rings. The number of hydrogen-bond acceptors (Lipinski definition) is 3. The standard InChI is InChI=1S/C11H10ClN3O2/c12-10-8(1-6(3-13)2-9(10)14)7-4-15(5-7)11(16)17/h1-2,7H,4-5,14H2,(H,16,17). The van der Waals surface area contributed by atoms with Gasteiger partial charge in [-0.25, -0.2) is 4.79 Å². The number of nitrogens with zero attached hydrogens (tertiary/aromatic N) is 2. The van der Waals surface area contributed by atoms with Gasteiger partial charge in [0.05, 0.1) is 22.3 Å². The summed E-state index contributed by atoms with van der Waals surface area (Å²) < 4.78 is 0. The number of likely N-dealkylation sites (tertiary alicyclic amines) is 1. The molecule has 1 amide bonds. The van der Waals surface area contributed by atoms with E-state index < -0.39 is 6.09 Å². The lowest BCUT2D eigenvalue weighted by atomic mass is 9.90. The lowest BCUT2D eigenvalue weighted by Gasteiger charge is -2.37. The molecule has 0 aromatic heterocycles. The summed E-state index contributed by atoms with van der Waals surface area (Å²) in [5.41, 5.74) is 7.24. The molecule has 0 bridgehead atoms. The van der Waals surface area contributed by atoms with Crippen LogP contribution >= 0.6 is 11.6 Å². The molecule has 1 aromatic rings. The average molecular weight is 252 g/mol. The number of carboxylic acid groups (broad SMARTS) is 1. The molecule has 88 valence electrons. The molecule has 0 unspecified atom stereocenters. The van der Waals surface area contributed by atoms with Gasteiger partial charge < -0.3 is 15.7 Å². The van der Waals surface area contributed by atoms with Crippen LogP contribution in [0.1, 0.15) is 17.0 Å². The summed E-state index contributed by atoms with van der Waals surface area (Å²) in [6, 6.07) is 5.19. The highest BCUT2D eigenvalue weighted by molar-refractivity contribution is 6.34. The van der Waals surface area contributed by atoms with Gasteiger partial charge in [0.25, 0.3) is 0 Å². The molecule has 5 nitrogen and oxygen atoms in total. The number of nitrogen functional groups attached to an aromatic ring is 1. The molecule has 1 aliphatic heterocycles. The van der Waals surface area contributed by atoms with Crippen molar-refractivity contribution < 1.29 is 9.90 Å². The number of nitrogens with two attached hydrogens (primary N) is 1. The molecule has 0 aliphatic carbocycles. The Morgan fingerprint density at radius 2 is 2.24 bits per heavy atom. The highest BCUT2D eigenvalue weighted by atomic mass is 35.5. The van der Waals surface area contributed by atoms with Gasteiger partial charge in [0.15, 0.2) is 0 Å². The molecule has 3 N–H and O–H groups in total. The van der Waals surface area contributed by atoms with E-state index in [2.05, 4.69) is 0 Å². The maximum Gasteiger partial charge on any atom is 0.407 e. The highest BCUT2D eigenvalue weighted by Crippen LogP contribution is 2.35. The summed E-state index contributed by atoms with van der Waals surface area (Å²) in [6.45, 7) is 0.784. The molecule has 1 saturated heterocycles. The maximum absolute atomic E-state index is 10.6. The van der Waals surface area contributed by atoms with Crippen molar-refractivity contribution in [2.75, 3.05) is 18.8 Å². The maximum atomic E-state index is 10.6. The summed E-state index contributed by atoms with van der Waals surface area (Å²) in [6.07, 6.45) is -0.943. The van der Waals surface area contributed by atoms with Crippen LogP contribution in [0.25, 0.3) is 0 Å². The van der Waals surface area contributed by atoms with Crippen LogP contribution in [-0.2, 0) is 0 Å². The Morgan fingerprint density at radius 1 is 1.59 bits per heavy atom. The molecule has 6 heteroatoms. The Balaban J connectivity index is 2.26. The molecule has 0 saturated carbocycles. The number of nitriles is 1. The lowest BCUT2D eigenvalue weighted by molar-refractivity contribution is 0.105. The van der Waals surface area contributed by atoms with Crippen LogP contribution in [0.2, 0.25) is 5.02 Å². The van der Waals surface area contributed by atoms with Crippen LogP contribution in [0, 0.1) is 11.3 Å². The number of halogens is 1. The fraction of sp³-hybridized carbons (Fsp3) is 0.273. The summed E-state index contributed by atoms with van der Waals surface area (Å²) in [5.74, 6) is 0.0224. The van der Waals surface area contributed by atoms with Crippen molar-refractivity contribution >= 4 is 23.4 Å². The Labute approximate surface area is 103 Å². The minimum atomic E-state index is -0.943. The summed E-state index contributed by atoms with van der Waals surface area (Å²) >= 11 is 6.06. The van der Waals surface area contributed by atoms with Gasteiger partial charge >= 0.3 is 6.09 Å². The third-order valence-corrected chi connectivity index (χ3v) is 3.29. The van der Waals surface area contributed by atoms with E-state index >= 15 is 0 Å². The molecule has 0 radical (unpaired) electrons. The van der Waals surface area contributed by atoms with Gasteiger partial charge in [-0.2, -0.15) is 5.26 Å². The molecular weight excluding hydrogens is 242 g/mol. The zero-order valence-corrected chi connectivity index (χ0v) is 9.61. The normalized spacial score (nSPS) is 15.2. The highest BCUT2D eigenvalue weighted by Gasteiger charge is 2.33. The van der Waals surface area contributed by atoms with Gasteiger partial charge in [0.2, 0.25) is 0 Å². The Bertz CT molecular complexity index is 518. The van der Waals surface area contributed by atoms with Crippen molar-refractivity contribution in [3.63, 3.8) is 0 Å². The zero-order chi connectivity index (χ0) is 12.6. The fourth-order valence-electron chi connectivity index (χ4n) is 1.86. The van der Waals surface area contributed by atoms with E-state index in [1.807, 2.05) is 6.07 Å². The first kappa shape index (κ1) is 11.6. The monoisotopic (exact) mass is 251 g/mol. The topological polar surface area (TPSA) is 90.4 Å². The van der Waals surface area contributed by atoms with Gasteiger partial charge in [-0.3, -0.25) is 0 Å². The molecule has 0 spiro atoms. The van der Waals surface area contributed by atoms with E-state index in [-0.39, 0.29) is 5.92 Å². The minimum Gasteiger partial charge on any atom is -0.465 e. The summed E-state index contributed by atoms with van der Waals surface area (Å²) in [7, 11) is 0. The fourth-order valence-corrected chi connectivity index (χ4v) is 2.13. The Morgan fingerprint density at radius 3 is 2.76 bits per heavy atom. The molecule has 1 aromatic carbocycles. The molecular formula is C11H10ClN3O2. The van der Waals surface area contributed by atoms with E-state index in [9.17, 15) is 4.79 Å². The largest absolute Gasteiger partial charge is 0.465 e. The minimum absolute atomic E-state index is 0.0224. The molecule has 1 heterocycles. The third-order valence-electron chi connectivity index (χ3n) is 2.85. The number of anilines is 1. The van der Waals surface area contributed by atoms with Gasteiger partial charge in [-0.05, 0) is 17.7 Å². The van der Waals surface area contributed by atoms with Crippen LogP contribution in [0.5, 0.6) is 0 Å². The van der Waals surface area contributed by atoms with Gasteiger partial charge in [0, 0.05) is 19.0 Å². The van der Waals surface area contributed by atoms with E-state index in [1.54, 1.807) is 6.07 Å². The van der Waals surface area contributed by atoms with Crippen molar-refractivity contribution in [3.8, 4) is 6.07 Å². The zero-order valence-electron chi connectivity index (χ0n) is 8.85. The first-order chi connectivity index (χ1) is 8.02. The SMILES string of the molecule is N#Cc1cc(N)c(Cl)c(C2CN(C(=O)O)C2)c1. The van der Waals surface area contributed by atoms with E-state index in [0.717, 1.165) is 5.56 Å². The average Bonchev–Trinajstić information content (AvgIpc) is 2.21. The second-order valence-corrected chi connectivity index (χ2v) is 4.34. The van der Waals surface area contributed by atoms with E-state index in [1.165, 1.54) is 11.0 Å². The molecule has 0 atom stereocenters. The number of rotatable bonds is 1. The Kier molecular flexibility index (Phi) is 2.82. The first-order valence-corrected chi connectivity index (χ1v) is 5.37. The second-order valence-electron chi connectivity index (χ2n) is 3.96. The van der Waals surface area contributed by atoms with Gasteiger partial charge in [-0.15, -0.1) is 0 Å². The van der Waals surface area contributed by atoms with Crippen LogP contribution < -0.4 is 5.73 Å². The van der Waals surface area contributed by atoms with Crippen LogP contribution in [0.15, 0.2) is 12.1 Å². The van der Waals surface area contributed by atoms with E-state index in [0.29, 0.717) is 29.4 Å². The van der Waals surface area contributed by atoms with Crippen LogP contribution in [0.4, 0.5) is 10.5 Å². The number of amides is 1. The second kappa shape index (κ2) is 4.15. The molecule has 1 fully saturated rings. The van der Waals surface area contributed by atoms with E-state index in [4.69, 9.17) is 27.7 Å². The van der Waals surface area contributed by atoms with Crippen molar-refractivity contribution in [1.29, 1.82) is 5.26 Å². The quantitative estimate of drug-likeness (QED) is 0.746. The van der Waals surface area contributed by atoms with Gasteiger partial charge in [-0.1, -0.05) is 11.6 Å². The van der Waals surface area contributed by atoms with Crippen molar-refractivity contribution in [2.45, 2.75) is 5.92 Å². The van der Waals surface area contributed by atoms with Crippen molar-refractivity contribution in [3.05, 3.63) is 28.3 Å². The third kappa shape index (κ3) is 1.99. The van der Waals surface area contributed by atoms with Crippen LogP contribution in [0.3, 0.4) is 0 Å². The van der Waals surface area contributed by atoms with Crippen molar-refractivity contribution in [2.24, 2.45) is 0 Å². The number of hydrogen-bond donors (Lipinski definition) is 2. The first-order valence-electron chi connectivity index (χ1n) is 4.99. The number of benzene rings is 1. The smallest absolute Gasteiger partial charge is 0.407 e. The van der Waals surface area contributed by atoms with Crippen molar-refractivity contribution in [1.82, 2.24) is 4.90 Å². The summed E-state index contributed by atoms with van der Waals surface area (Å²) in [5, 5.41) is 18.0. The predicted octanol–water partition coefficient (Wildman–Crippen LogP) is 1.87. The lowest BCUT2D eigenvalue weighted by Crippen LogP contribution is -2.47. The van der Waals surface area contributed by atoms with Gasteiger partial charge in [0.1, 0.15) is 0 Å². The summed E-state index contributed by atoms with van der Waals surface area (Å²) in [4.78, 5) is 11.9. The van der Waals surface area contributed by atoms with Crippen LogP contribution in [-0.4, -0.2) is 29.2 Å².